The molecule has 3 unspecified atom stereocenters. The van der Waals surface area contributed by atoms with Crippen molar-refractivity contribution in [2.24, 2.45) is 0 Å². The van der Waals surface area contributed by atoms with Crippen LogP contribution in [0.2, 0.25) is 0 Å². The molecule has 0 aliphatic rings. The van der Waals surface area contributed by atoms with Crippen molar-refractivity contribution in [3.8, 4) is 0 Å². The number of allylic oxidation sites excluding steroid dienone is 6. The molecule has 3 atom stereocenters. The van der Waals surface area contributed by atoms with Crippen molar-refractivity contribution in [1.82, 2.24) is 0 Å². The predicted molar refractivity (Wildman–Crippen MR) is 214 cm³/mol. The summed E-state index contributed by atoms with van der Waals surface area (Å²) in [6, 6.07) is 0. The highest BCUT2D eigenvalue weighted by Crippen LogP contribution is 2.43. The van der Waals surface area contributed by atoms with Crippen LogP contribution in [0.5, 0.6) is 0 Å². The second-order valence-electron chi connectivity index (χ2n) is 14.0. The molecule has 0 rings (SSSR count). The molecule has 0 fully saturated rings. The maximum atomic E-state index is 12.6. The Hall–Kier alpha value is -1.81. The van der Waals surface area contributed by atoms with Gasteiger partial charge >= 0.3 is 19.8 Å². The summed E-state index contributed by atoms with van der Waals surface area (Å²) in [5.41, 5.74) is 0. The average molecular weight is 773 g/mol. The summed E-state index contributed by atoms with van der Waals surface area (Å²) in [7, 11) is -4.62. The molecule has 10 nitrogen and oxygen atoms in total. The maximum absolute atomic E-state index is 12.6. The lowest BCUT2D eigenvalue weighted by atomic mass is 10.1. The summed E-state index contributed by atoms with van der Waals surface area (Å²) in [6.07, 6.45) is 38.2. The van der Waals surface area contributed by atoms with Crippen LogP contribution in [0, 0.1) is 0 Å². The van der Waals surface area contributed by atoms with E-state index in [0.29, 0.717) is 12.8 Å². The second-order valence-corrected chi connectivity index (χ2v) is 15.5. The molecule has 0 aliphatic carbocycles. The molecule has 0 spiro atoms. The van der Waals surface area contributed by atoms with Crippen molar-refractivity contribution in [3.05, 3.63) is 36.5 Å². The minimum atomic E-state index is -4.62. The molecule has 3 N–H and O–H groups in total. The molecule has 11 heteroatoms. The van der Waals surface area contributed by atoms with E-state index in [1.54, 1.807) is 0 Å². The maximum Gasteiger partial charge on any atom is 0.472 e. The lowest BCUT2D eigenvalue weighted by Gasteiger charge is -2.20. The van der Waals surface area contributed by atoms with Gasteiger partial charge in [0, 0.05) is 12.8 Å². The summed E-state index contributed by atoms with van der Waals surface area (Å²) in [5, 5.41) is 18.3. The summed E-state index contributed by atoms with van der Waals surface area (Å²) in [6.45, 7) is 2.30. The van der Waals surface area contributed by atoms with Gasteiger partial charge in [-0.05, 0) is 64.2 Å². The van der Waals surface area contributed by atoms with E-state index >= 15 is 0 Å². The van der Waals surface area contributed by atoms with Crippen LogP contribution in [-0.4, -0.2) is 65.7 Å². The smallest absolute Gasteiger partial charge is 0.462 e. The Kier molecular flexibility index (Phi) is 37.2. The van der Waals surface area contributed by atoms with Crippen LogP contribution in [0.4, 0.5) is 0 Å². The summed E-state index contributed by atoms with van der Waals surface area (Å²) >= 11 is 0. The molecular formula is C42H77O10P. The zero-order valence-corrected chi connectivity index (χ0v) is 34.4. The number of phosphoric acid groups is 1. The standard InChI is InChI=1S/C42H77O10P/c1-3-5-7-9-11-13-15-16-17-18-19-20-21-22-24-26-28-30-32-34-42(46)52-40(38-51-53(47,48)50-36-39(44)35-43)37-49-41(45)33-31-29-27-25-23-14-12-10-8-6-4-2/h10-13,16-17,39-40,43-44H,3-9,14-15,18-38H2,1-2H3,(H,47,48)/b12-10-,13-11-,17-16-. The van der Waals surface area contributed by atoms with Gasteiger partial charge in [-0.25, -0.2) is 4.57 Å². The monoisotopic (exact) mass is 773 g/mol. The van der Waals surface area contributed by atoms with Gasteiger partial charge in [0.05, 0.1) is 19.8 Å². The van der Waals surface area contributed by atoms with E-state index in [1.807, 2.05) is 0 Å². The average Bonchev–Trinajstić information content (AvgIpc) is 3.14. The van der Waals surface area contributed by atoms with Crippen molar-refractivity contribution < 1.29 is 47.8 Å². The third-order valence-electron chi connectivity index (χ3n) is 8.77. The first-order valence-corrected chi connectivity index (χ1v) is 22.4. The Morgan fingerprint density at radius 3 is 1.53 bits per heavy atom. The Labute approximate surface area is 322 Å². The van der Waals surface area contributed by atoms with Crippen molar-refractivity contribution in [1.29, 1.82) is 0 Å². The number of ether oxygens (including phenoxy) is 2. The van der Waals surface area contributed by atoms with Gasteiger partial charge in [-0.15, -0.1) is 0 Å². The number of carbonyl (C=O) groups is 2. The SMILES string of the molecule is CCCC/C=C\CCCCCCCC(=O)OCC(COP(=O)(O)OCC(O)CO)OC(=O)CCCCCCCCCCC/C=C\C/C=C\CCCCC. The minimum absolute atomic E-state index is 0.178. The first kappa shape index (κ1) is 51.2. The second kappa shape index (κ2) is 38.5. The highest BCUT2D eigenvalue weighted by molar-refractivity contribution is 7.47. The van der Waals surface area contributed by atoms with Gasteiger partial charge in [0.15, 0.2) is 6.10 Å². The lowest BCUT2D eigenvalue weighted by Crippen LogP contribution is -2.29. The summed E-state index contributed by atoms with van der Waals surface area (Å²) < 4.78 is 32.6. The molecule has 0 aromatic heterocycles. The number of aliphatic hydroxyl groups is 2. The molecule has 0 heterocycles. The quantitative estimate of drug-likeness (QED) is 0.0238. The van der Waals surface area contributed by atoms with E-state index in [2.05, 4.69) is 54.8 Å². The lowest BCUT2D eigenvalue weighted by molar-refractivity contribution is -0.161. The van der Waals surface area contributed by atoms with Gasteiger partial charge in [-0.2, -0.15) is 0 Å². The summed E-state index contributed by atoms with van der Waals surface area (Å²) in [4.78, 5) is 34.9. The van der Waals surface area contributed by atoms with Crippen LogP contribution < -0.4 is 0 Å². The van der Waals surface area contributed by atoms with Crippen molar-refractivity contribution in [3.63, 3.8) is 0 Å². The van der Waals surface area contributed by atoms with E-state index in [4.69, 9.17) is 19.1 Å². The van der Waals surface area contributed by atoms with E-state index in [-0.39, 0.29) is 19.4 Å². The Bertz CT molecular complexity index is 983. The third-order valence-corrected chi connectivity index (χ3v) is 9.72. The first-order chi connectivity index (χ1) is 25.7. The van der Waals surface area contributed by atoms with E-state index < -0.39 is 51.8 Å². The zero-order valence-electron chi connectivity index (χ0n) is 33.5. The normalized spacial score (nSPS) is 14.3. The fraction of sp³-hybridized carbons (Fsp3) is 0.810. The molecule has 0 aliphatic heterocycles. The van der Waals surface area contributed by atoms with Crippen LogP contribution in [0.25, 0.3) is 0 Å². The van der Waals surface area contributed by atoms with Crippen LogP contribution >= 0.6 is 7.82 Å². The van der Waals surface area contributed by atoms with Crippen LogP contribution in [-0.2, 0) is 32.7 Å². The van der Waals surface area contributed by atoms with Gasteiger partial charge in [0.1, 0.15) is 12.7 Å². The van der Waals surface area contributed by atoms with E-state index in [0.717, 1.165) is 70.6 Å². The highest BCUT2D eigenvalue weighted by atomic mass is 31.2. The van der Waals surface area contributed by atoms with Gasteiger partial charge in [0.2, 0.25) is 0 Å². The molecule has 0 radical (unpaired) electrons. The number of hydrogen-bond donors (Lipinski definition) is 3. The number of hydrogen-bond acceptors (Lipinski definition) is 9. The molecule has 0 saturated carbocycles. The Morgan fingerprint density at radius 1 is 0.566 bits per heavy atom. The van der Waals surface area contributed by atoms with Crippen molar-refractivity contribution >= 4 is 19.8 Å². The number of rotatable bonds is 39. The molecule has 0 bridgehead atoms. The topological polar surface area (TPSA) is 149 Å². The first-order valence-electron chi connectivity index (χ1n) is 20.9. The largest absolute Gasteiger partial charge is 0.472 e. The molecule has 310 valence electrons. The Balaban J connectivity index is 4.28. The highest BCUT2D eigenvalue weighted by Gasteiger charge is 2.27. The third kappa shape index (κ3) is 38.3. The van der Waals surface area contributed by atoms with E-state index in [9.17, 15) is 24.2 Å². The number of phosphoric ester groups is 1. The number of unbranched alkanes of at least 4 members (excludes halogenated alkanes) is 19. The minimum Gasteiger partial charge on any atom is -0.462 e. The number of esters is 2. The fourth-order valence-electron chi connectivity index (χ4n) is 5.47. The fourth-order valence-corrected chi connectivity index (χ4v) is 6.26. The summed E-state index contributed by atoms with van der Waals surface area (Å²) in [5.74, 6) is -0.941. The van der Waals surface area contributed by atoms with Crippen LogP contribution in [0.1, 0.15) is 181 Å². The molecular weight excluding hydrogens is 695 g/mol. The van der Waals surface area contributed by atoms with Gasteiger partial charge < -0.3 is 24.6 Å². The van der Waals surface area contributed by atoms with Crippen molar-refractivity contribution in [2.75, 3.05) is 26.4 Å². The van der Waals surface area contributed by atoms with Crippen molar-refractivity contribution in [2.45, 2.75) is 193 Å². The number of carbonyl (C=O) groups excluding carboxylic acids is 2. The molecule has 0 aromatic rings. The van der Waals surface area contributed by atoms with Gasteiger partial charge in [0.25, 0.3) is 0 Å². The Morgan fingerprint density at radius 2 is 1.00 bits per heavy atom. The molecule has 0 aromatic carbocycles. The van der Waals surface area contributed by atoms with Gasteiger partial charge in [-0.3, -0.25) is 18.6 Å². The van der Waals surface area contributed by atoms with E-state index in [1.165, 1.54) is 70.6 Å². The molecule has 53 heavy (non-hydrogen) atoms. The van der Waals surface area contributed by atoms with Crippen LogP contribution in [0.15, 0.2) is 36.5 Å². The zero-order chi connectivity index (χ0) is 39.1. The van der Waals surface area contributed by atoms with Gasteiger partial charge in [-0.1, -0.05) is 140 Å². The van der Waals surface area contributed by atoms with Crippen LogP contribution in [0.3, 0.4) is 0 Å². The molecule has 0 amide bonds. The molecule has 0 saturated heterocycles. The predicted octanol–water partition coefficient (Wildman–Crippen LogP) is 10.8. The number of aliphatic hydroxyl groups excluding tert-OH is 2.